The molecule has 88 valence electrons. The van der Waals surface area contributed by atoms with Crippen molar-refractivity contribution in [3.05, 3.63) is 29.8 Å². The molecule has 0 aliphatic rings. The number of carbonyl (C=O) groups excluding carboxylic acids is 1. The Bertz CT molecular complexity index is 352. The van der Waals surface area contributed by atoms with Gasteiger partial charge in [0, 0.05) is 5.69 Å². The summed E-state index contributed by atoms with van der Waals surface area (Å²) in [6, 6.07) is 7.13. The maximum atomic E-state index is 11.2. The lowest BCUT2D eigenvalue weighted by Gasteiger charge is -2.18. The highest BCUT2D eigenvalue weighted by Gasteiger charge is 2.17. The number of nitrogen functional groups attached to an aromatic ring is 1. The van der Waals surface area contributed by atoms with Crippen LogP contribution >= 0.6 is 0 Å². The van der Waals surface area contributed by atoms with E-state index in [1.165, 1.54) is 0 Å². The van der Waals surface area contributed by atoms with Crippen LogP contribution in [-0.4, -0.2) is 11.8 Å². The van der Waals surface area contributed by atoms with Crippen molar-refractivity contribution in [2.75, 3.05) is 5.73 Å². The molecule has 0 atom stereocenters. The first-order valence-corrected chi connectivity index (χ1v) is 5.07. The molecule has 0 bridgehead atoms. The summed E-state index contributed by atoms with van der Waals surface area (Å²) in [4.78, 5) is 11.2. The van der Waals surface area contributed by atoms with Crippen LogP contribution in [0.1, 0.15) is 26.3 Å². The number of hydrogen-bond donors (Lipinski definition) is 1. The number of benzene rings is 1. The molecular weight excluding hydrogens is 206 g/mol. The predicted octanol–water partition coefficient (Wildman–Crippen LogP) is 2.72. The number of ether oxygens (including phenoxy) is 2. The summed E-state index contributed by atoms with van der Waals surface area (Å²) >= 11 is 0. The molecule has 0 unspecified atom stereocenters. The highest BCUT2D eigenvalue weighted by Crippen LogP contribution is 2.10. The molecule has 1 rings (SSSR count). The van der Waals surface area contributed by atoms with Gasteiger partial charge in [0.2, 0.25) is 0 Å². The number of hydrogen-bond acceptors (Lipinski definition) is 4. The van der Waals surface area contributed by atoms with Crippen molar-refractivity contribution in [1.82, 2.24) is 0 Å². The van der Waals surface area contributed by atoms with Crippen molar-refractivity contribution in [3.63, 3.8) is 0 Å². The van der Waals surface area contributed by atoms with Crippen LogP contribution in [0, 0.1) is 0 Å². The Morgan fingerprint density at radius 1 is 1.25 bits per heavy atom. The van der Waals surface area contributed by atoms with Crippen LogP contribution in [0.3, 0.4) is 0 Å². The summed E-state index contributed by atoms with van der Waals surface area (Å²) < 4.78 is 9.94. The third-order valence-electron chi connectivity index (χ3n) is 1.73. The van der Waals surface area contributed by atoms with Crippen molar-refractivity contribution in [2.24, 2.45) is 0 Å². The summed E-state index contributed by atoms with van der Waals surface area (Å²) in [5.74, 6) is 0. The Hall–Kier alpha value is -1.71. The van der Waals surface area contributed by atoms with Crippen LogP contribution < -0.4 is 5.73 Å². The molecule has 0 saturated carbocycles. The topological polar surface area (TPSA) is 61.5 Å². The van der Waals surface area contributed by atoms with Crippen molar-refractivity contribution in [2.45, 2.75) is 33.0 Å². The van der Waals surface area contributed by atoms with Crippen molar-refractivity contribution in [1.29, 1.82) is 0 Å². The molecule has 16 heavy (non-hydrogen) atoms. The van der Waals surface area contributed by atoms with E-state index in [9.17, 15) is 4.79 Å². The molecule has 2 N–H and O–H groups in total. The van der Waals surface area contributed by atoms with Gasteiger partial charge in [0.15, 0.2) is 0 Å². The van der Waals surface area contributed by atoms with Gasteiger partial charge in [0.1, 0.15) is 12.2 Å². The molecule has 0 fully saturated rings. The minimum Gasteiger partial charge on any atom is -0.429 e. The molecule has 1 aromatic rings. The van der Waals surface area contributed by atoms with E-state index < -0.39 is 11.8 Å². The second-order valence-corrected chi connectivity index (χ2v) is 4.49. The fourth-order valence-corrected chi connectivity index (χ4v) is 1.04. The molecule has 0 heterocycles. The second-order valence-electron chi connectivity index (χ2n) is 4.49. The van der Waals surface area contributed by atoms with Gasteiger partial charge in [0.25, 0.3) is 0 Å². The van der Waals surface area contributed by atoms with Gasteiger partial charge in [-0.15, -0.1) is 0 Å². The van der Waals surface area contributed by atoms with Gasteiger partial charge in [-0.25, -0.2) is 4.79 Å². The molecule has 0 aliphatic heterocycles. The quantitative estimate of drug-likeness (QED) is 0.618. The Morgan fingerprint density at radius 3 is 2.31 bits per heavy atom. The van der Waals surface area contributed by atoms with E-state index in [2.05, 4.69) is 0 Å². The van der Waals surface area contributed by atoms with Crippen LogP contribution in [0.25, 0.3) is 0 Å². The van der Waals surface area contributed by atoms with E-state index >= 15 is 0 Å². The number of nitrogens with two attached hydrogens (primary N) is 1. The fraction of sp³-hybridized carbons (Fsp3) is 0.417. The summed E-state index contributed by atoms with van der Waals surface area (Å²) in [6.45, 7) is 5.56. The van der Waals surface area contributed by atoms with E-state index in [-0.39, 0.29) is 6.61 Å². The molecule has 4 heteroatoms. The second kappa shape index (κ2) is 4.88. The predicted molar refractivity (Wildman–Crippen MR) is 61.9 cm³/mol. The van der Waals surface area contributed by atoms with Crippen LogP contribution in [0.15, 0.2) is 24.3 Å². The zero-order chi connectivity index (χ0) is 12.2. The van der Waals surface area contributed by atoms with E-state index in [4.69, 9.17) is 15.2 Å². The molecule has 0 aromatic heterocycles. The van der Waals surface area contributed by atoms with Gasteiger partial charge in [-0.1, -0.05) is 12.1 Å². The van der Waals surface area contributed by atoms with E-state index in [1.807, 2.05) is 0 Å². The molecule has 0 aliphatic carbocycles. The maximum Gasteiger partial charge on any atom is 0.509 e. The van der Waals surface area contributed by atoms with Crippen LogP contribution in [0.4, 0.5) is 10.5 Å². The minimum atomic E-state index is -0.663. The SMILES string of the molecule is CC(C)(C)OC(=O)OCc1ccc(N)cc1. The largest absolute Gasteiger partial charge is 0.509 e. The summed E-state index contributed by atoms with van der Waals surface area (Å²) in [5.41, 5.74) is 6.56. The summed E-state index contributed by atoms with van der Waals surface area (Å²) in [5, 5.41) is 0. The lowest BCUT2D eigenvalue weighted by Crippen LogP contribution is -2.24. The molecule has 4 nitrogen and oxygen atoms in total. The zero-order valence-corrected chi connectivity index (χ0v) is 9.82. The highest BCUT2D eigenvalue weighted by molar-refractivity contribution is 5.60. The zero-order valence-electron chi connectivity index (χ0n) is 9.82. The molecule has 0 radical (unpaired) electrons. The van der Waals surface area contributed by atoms with Gasteiger partial charge >= 0.3 is 6.16 Å². The monoisotopic (exact) mass is 223 g/mol. The Labute approximate surface area is 95.3 Å². The normalized spacial score (nSPS) is 10.9. The lowest BCUT2D eigenvalue weighted by molar-refractivity contribution is -0.0108. The van der Waals surface area contributed by atoms with E-state index in [1.54, 1.807) is 45.0 Å². The highest BCUT2D eigenvalue weighted by atomic mass is 16.7. The maximum absolute atomic E-state index is 11.2. The van der Waals surface area contributed by atoms with Crippen molar-refractivity contribution >= 4 is 11.8 Å². The Morgan fingerprint density at radius 2 is 1.81 bits per heavy atom. The smallest absolute Gasteiger partial charge is 0.429 e. The number of anilines is 1. The Balaban J connectivity index is 2.40. The molecular formula is C12H17NO3. The standard InChI is InChI=1S/C12H17NO3/c1-12(2,3)16-11(14)15-8-9-4-6-10(13)7-5-9/h4-7H,8,13H2,1-3H3. The first-order chi connectivity index (χ1) is 7.37. The third-order valence-corrected chi connectivity index (χ3v) is 1.73. The first kappa shape index (κ1) is 12.4. The average Bonchev–Trinajstić information content (AvgIpc) is 2.14. The lowest BCUT2D eigenvalue weighted by atomic mass is 10.2. The Kier molecular flexibility index (Phi) is 3.77. The minimum absolute atomic E-state index is 0.190. The summed E-state index contributed by atoms with van der Waals surface area (Å²) in [7, 11) is 0. The average molecular weight is 223 g/mol. The molecule has 0 amide bonds. The van der Waals surface area contributed by atoms with E-state index in [0.717, 1.165) is 5.56 Å². The van der Waals surface area contributed by atoms with Gasteiger partial charge in [-0.3, -0.25) is 0 Å². The van der Waals surface area contributed by atoms with Gasteiger partial charge in [-0.2, -0.15) is 0 Å². The third kappa shape index (κ3) is 4.68. The van der Waals surface area contributed by atoms with Gasteiger partial charge in [-0.05, 0) is 38.5 Å². The molecule has 0 spiro atoms. The number of rotatable bonds is 2. The molecule has 0 saturated heterocycles. The van der Waals surface area contributed by atoms with Crippen molar-refractivity contribution in [3.8, 4) is 0 Å². The van der Waals surface area contributed by atoms with Crippen LogP contribution in [0.2, 0.25) is 0 Å². The van der Waals surface area contributed by atoms with Crippen LogP contribution in [-0.2, 0) is 16.1 Å². The van der Waals surface area contributed by atoms with Gasteiger partial charge < -0.3 is 15.2 Å². The number of carbonyl (C=O) groups is 1. The summed E-state index contributed by atoms with van der Waals surface area (Å²) in [6.07, 6.45) is -0.663. The van der Waals surface area contributed by atoms with E-state index in [0.29, 0.717) is 5.69 Å². The van der Waals surface area contributed by atoms with Crippen LogP contribution in [0.5, 0.6) is 0 Å². The fourth-order valence-electron chi connectivity index (χ4n) is 1.04. The van der Waals surface area contributed by atoms with Gasteiger partial charge in [0.05, 0.1) is 0 Å². The first-order valence-electron chi connectivity index (χ1n) is 5.07. The van der Waals surface area contributed by atoms with Crippen molar-refractivity contribution < 1.29 is 14.3 Å². The molecule has 1 aromatic carbocycles.